The molecule has 0 aliphatic carbocycles. The van der Waals surface area contributed by atoms with Crippen molar-refractivity contribution in [2.45, 2.75) is 32.6 Å². The average Bonchev–Trinajstić information content (AvgIpc) is 2.74. The quantitative estimate of drug-likeness (QED) is 0.835. The molecule has 0 spiro atoms. The number of piperidine rings is 2. The SMILES string of the molecule is Cc1cccc(N2CCC(C3CCN(c4cc(C#N)ncn4)CC3)CC2)n1. The lowest BCUT2D eigenvalue weighted by Gasteiger charge is -2.40. The molecule has 140 valence electrons. The number of hydrogen-bond donors (Lipinski definition) is 0. The molecule has 0 atom stereocenters. The van der Waals surface area contributed by atoms with Gasteiger partial charge in [0.15, 0.2) is 0 Å². The Hall–Kier alpha value is -2.68. The first-order chi connectivity index (χ1) is 13.2. The summed E-state index contributed by atoms with van der Waals surface area (Å²) in [6.07, 6.45) is 6.42. The number of hydrogen-bond acceptors (Lipinski definition) is 6. The van der Waals surface area contributed by atoms with Crippen LogP contribution in [0.2, 0.25) is 0 Å². The van der Waals surface area contributed by atoms with Gasteiger partial charge in [-0.25, -0.2) is 15.0 Å². The average molecular weight is 362 g/mol. The Morgan fingerprint density at radius 2 is 1.56 bits per heavy atom. The van der Waals surface area contributed by atoms with Crippen LogP contribution >= 0.6 is 0 Å². The van der Waals surface area contributed by atoms with Gasteiger partial charge in [0, 0.05) is 37.9 Å². The summed E-state index contributed by atoms with van der Waals surface area (Å²) in [5.41, 5.74) is 1.53. The van der Waals surface area contributed by atoms with Crippen molar-refractivity contribution in [1.29, 1.82) is 5.26 Å². The van der Waals surface area contributed by atoms with Crippen LogP contribution in [-0.2, 0) is 0 Å². The van der Waals surface area contributed by atoms with Crippen molar-refractivity contribution in [2.75, 3.05) is 36.0 Å². The van der Waals surface area contributed by atoms with E-state index in [-0.39, 0.29) is 0 Å². The standard InChI is InChI=1S/C21H26N6/c1-16-3-2-4-20(25-16)26-9-5-17(6-10-26)18-7-11-27(12-8-18)21-13-19(14-22)23-15-24-21/h2-4,13,15,17-18H,5-12H2,1H3. The van der Waals surface area contributed by atoms with Gasteiger partial charge >= 0.3 is 0 Å². The maximum atomic E-state index is 9.02. The minimum absolute atomic E-state index is 0.444. The van der Waals surface area contributed by atoms with Gasteiger partial charge < -0.3 is 9.80 Å². The Labute approximate surface area is 160 Å². The van der Waals surface area contributed by atoms with Crippen LogP contribution in [0.25, 0.3) is 0 Å². The Kier molecular flexibility index (Phi) is 5.19. The van der Waals surface area contributed by atoms with E-state index in [4.69, 9.17) is 5.26 Å². The van der Waals surface area contributed by atoms with E-state index in [1.54, 1.807) is 6.07 Å². The molecule has 0 radical (unpaired) electrons. The van der Waals surface area contributed by atoms with E-state index < -0.39 is 0 Å². The molecular weight excluding hydrogens is 336 g/mol. The maximum Gasteiger partial charge on any atom is 0.145 e. The molecule has 0 saturated carbocycles. The highest BCUT2D eigenvalue weighted by Crippen LogP contribution is 2.34. The Balaban J connectivity index is 1.30. The highest BCUT2D eigenvalue weighted by Gasteiger charge is 2.30. The van der Waals surface area contributed by atoms with Crippen molar-refractivity contribution < 1.29 is 0 Å². The predicted octanol–water partition coefficient (Wildman–Crippen LogP) is 3.18. The molecule has 27 heavy (non-hydrogen) atoms. The summed E-state index contributed by atoms with van der Waals surface area (Å²) in [5.74, 6) is 3.63. The number of aryl methyl sites for hydroxylation is 1. The van der Waals surface area contributed by atoms with E-state index >= 15 is 0 Å². The molecule has 0 N–H and O–H groups in total. The van der Waals surface area contributed by atoms with Crippen LogP contribution in [-0.4, -0.2) is 41.1 Å². The highest BCUT2D eigenvalue weighted by molar-refractivity contribution is 5.42. The lowest BCUT2D eigenvalue weighted by Crippen LogP contribution is -2.41. The summed E-state index contributed by atoms with van der Waals surface area (Å²) < 4.78 is 0. The lowest BCUT2D eigenvalue weighted by atomic mass is 9.79. The fraction of sp³-hybridized carbons (Fsp3) is 0.524. The number of aromatic nitrogens is 3. The van der Waals surface area contributed by atoms with Crippen LogP contribution in [0.3, 0.4) is 0 Å². The first kappa shape index (κ1) is 17.7. The zero-order valence-corrected chi connectivity index (χ0v) is 15.9. The van der Waals surface area contributed by atoms with Crippen molar-refractivity contribution in [3.05, 3.63) is 42.0 Å². The molecular formula is C21H26N6. The third kappa shape index (κ3) is 4.02. The largest absolute Gasteiger partial charge is 0.357 e. The van der Waals surface area contributed by atoms with Crippen molar-refractivity contribution in [1.82, 2.24) is 15.0 Å². The minimum atomic E-state index is 0.444. The number of pyridine rings is 1. The third-order valence-corrected chi connectivity index (χ3v) is 6.03. The topological polar surface area (TPSA) is 68.9 Å². The van der Waals surface area contributed by atoms with Crippen molar-refractivity contribution >= 4 is 11.6 Å². The predicted molar refractivity (Wildman–Crippen MR) is 106 cm³/mol. The van der Waals surface area contributed by atoms with Crippen LogP contribution in [0.4, 0.5) is 11.6 Å². The van der Waals surface area contributed by atoms with Gasteiger partial charge in [-0.1, -0.05) is 6.07 Å². The van der Waals surface area contributed by atoms with E-state index in [1.165, 1.54) is 32.0 Å². The van der Waals surface area contributed by atoms with Crippen LogP contribution in [0.1, 0.15) is 37.1 Å². The summed E-state index contributed by atoms with van der Waals surface area (Å²) in [6, 6.07) is 10.2. The van der Waals surface area contributed by atoms with Crippen molar-refractivity contribution in [3.8, 4) is 6.07 Å². The molecule has 2 fully saturated rings. The van der Waals surface area contributed by atoms with Gasteiger partial charge in [-0.2, -0.15) is 5.26 Å². The van der Waals surface area contributed by atoms with Crippen LogP contribution in [0.5, 0.6) is 0 Å². The summed E-state index contributed by atoms with van der Waals surface area (Å²) in [5, 5.41) is 9.02. The zero-order valence-electron chi connectivity index (χ0n) is 15.9. The number of anilines is 2. The number of rotatable bonds is 3. The molecule has 2 aliphatic heterocycles. The van der Waals surface area contributed by atoms with Gasteiger partial charge in [0.25, 0.3) is 0 Å². The van der Waals surface area contributed by atoms with Crippen LogP contribution < -0.4 is 9.80 Å². The molecule has 4 heterocycles. The van der Waals surface area contributed by atoms with Crippen LogP contribution in [0, 0.1) is 30.1 Å². The van der Waals surface area contributed by atoms with Gasteiger partial charge in [-0.05, 0) is 56.6 Å². The first-order valence-electron chi connectivity index (χ1n) is 9.88. The highest BCUT2D eigenvalue weighted by atomic mass is 15.2. The second-order valence-electron chi connectivity index (χ2n) is 7.66. The normalized spacial score (nSPS) is 19.1. The molecule has 2 saturated heterocycles. The Bertz CT molecular complexity index is 813. The van der Waals surface area contributed by atoms with Gasteiger partial charge in [-0.3, -0.25) is 0 Å². The lowest BCUT2D eigenvalue weighted by molar-refractivity contribution is 0.232. The number of nitrogens with zero attached hydrogens (tertiary/aromatic N) is 6. The van der Waals surface area contributed by atoms with Crippen LogP contribution in [0.15, 0.2) is 30.6 Å². The smallest absolute Gasteiger partial charge is 0.145 e. The Morgan fingerprint density at radius 1 is 0.926 bits per heavy atom. The third-order valence-electron chi connectivity index (χ3n) is 6.03. The molecule has 0 unspecified atom stereocenters. The molecule has 0 amide bonds. The fourth-order valence-electron chi connectivity index (χ4n) is 4.49. The molecule has 4 rings (SSSR count). The van der Waals surface area contributed by atoms with E-state index in [2.05, 4.69) is 55.9 Å². The molecule has 2 aromatic rings. The molecule has 0 aromatic carbocycles. The van der Waals surface area contributed by atoms with E-state index in [0.29, 0.717) is 5.69 Å². The van der Waals surface area contributed by atoms with E-state index in [0.717, 1.165) is 55.3 Å². The summed E-state index contributed by atoms with van der Waals surface area (Å²) in [7, 11) is 0. The zero-order chi connectivity index (χ0) is 18.6. The van der Waals surface area contributed by atoms with Gasteiger partial charge in [-0.15, -0.1) is 0 Å². The van der Waals surface area contributed by atoms with E-state index in [9.17, 15) is 0 Å². The number of nitriles is 1. The van der Waals surface area contributed by atoms with Crippen molar-refractivity contribution in [2.24, 2.45) is 11.8 Å². The second kappa shape index (κ2) is 7.91. The molecule has 6 nitrogen and oxygen atoms in total. The monoisotopic (exact) mass is 362 g/mol. The van der Waals surface area contributed by atoms with Gasteiger partial charge in [0.1, 0.15) is 29.7 Å². The first-order valence-corrected chi connectivity index (χ1v) is 9.88. The van der Waals surface area contributed by atoms with Gasteiger partial charge in [0.05, 0.1) is 0 Å². The summed E-state index contributed by atoms with van der Waals surface area (Å²) in [6.45, 7) is 6.32. The summed E-state index contributed by atoms with van der Waals surface area (Å²) in [4.78, 5) is 17.7. The molecule has 2 aliphatic rings. The second-order valence-corrected chi connectivity index (χ2v) is 7.66. The van der Waals surface area contributed by atoms with E-state index in [1.807, 2.05) is 0 Å². The fourth-order valence-corrected chi connectivity index (χ4v) is 4.49. The molecule has 2 aromatic heterocycles. The molecule has 6 heteroatoms. The minimum Gasteiger partial charge on any atom is -0.357 e. The maximum absolute atomic E-state index is 9.02. The summed E-state index contributed by atoms with van der Waals surface area (Å²) >= 11 is 0. The van der Waals surface area contributed by atoms with Crippen molar-refractivity contribution in [3.63, 3.8) is 0 Å². The molecule has 0 bridgehead atoms. The van der Waals surface area contributed by atoms with Gasteiger partial charge in [0.2, 0.25) is 0 Å². The Morgan fingerprint density at radius 3 is 2.15 bits per heavy atom.